The molecule has 0 amide bonds. The molecule has 1 aromatic heterocycles. The van der Waals surface area contributed by atoms with E-state index >= 15 is 0 Å². The van der Waals surface area contributed by atoms with Gasteiger partial charge in [-0.15, -0.1) is 0 Å². The minimum atomic E-state index is -0.163. The minimum Gasteiger partial charge on any atom is -0.370 e. The number of aromatic amines is 1. The number of aromatic nitrogens is 2. The van der Waals surface area contributed by atoms with Crippen LogP contribution in [0.4, 0.5) is 0 Å². The summed E-state index contributed by atoms with van der Waals surface area (Å²) in [6.07, 6.45) is 0.936. The summed E-state index contributed by atoms with van der Waals surface area (Å²) in [5.74, 6) is 0. The number of hydrogen-bond donors (Lipinski definition) is 1. The van der Waals surface area contributed by atoms with Gasteiger partial charge in [-0.05, 0) is 13.8 Å². The Hall–Kier alpha value is -1.16. The van der Waals surface area contributed by atoms with Crippen molar-refractivity contribution in [1.82, 2.24) is 10.2 Å². The zero-order valence-electron chi connectivity index (χ0n) is 7.70. The highest BCUT2D eigenvalue weighted by Gasteiger charge is 2.23. The second-order valence-electron chi connectivity index (χ2n) is 3.43. The van der Waals surface area contributed by atoms with Crippen molar-refractivity contribution >= 4 is 0 Å². The van der Waals surface area contributed by atoms with Crippen LogP contribution in [0.1, 0.15) is 31.2 Å². The number of ether oxygens (including phenoxy) is 1. The van der Waals surface area contributed by atoms with Gasteiger partial charge in [0, 0.05) is 18.1 Å². The van der Waals surface area contributed by atoms with Crippen molar-refractivity contribution in [3.05, 3.63) is 27.7 Å². The van der Waals surface area contributed by atoms with Gasteiger partial charge < -0.3 is 4.74 Å². The Morgan fingerprint density at radius 1 is 1.62 bits per heavy atom. The normalized spacial score (nSPS) is 26.9. The Morgan fingerprint density at radius 2 is 2.38 bits per heavy atom. The number of rotatable bonds is 0. The minimum absolute atomic E-state index is 0.0199. The molecule has 0 radical (unpaired) electrons. The van der Waals surface area contributed by atoms with Gasteiger partial charge in [0.1, 0.15) is 0 Å². The second-order valence-corrected chi connectivity index (χ2v) is 3.43. The maximum Gasteiger partial charge on any atom is 0.264 e. The first-order valence-electron chi connectivity index (χ1n) is 4.41. The molecule has 2 heterocycles. The fraction of sp³-hybridized carbons (Fsp3) is 0.556. The van der Waals surface area contributed by atoms with Crippen molar-refractivity contribution in [2.75, 3.05) is 0 Å². The molecular weight excluding hydrogens is 168 g/mol. The molecular formula is C9H12N2O2. The van der Waals surface area contributed by atoms with Gasteiger partial charge in [-0.3, -0.25) is 4.79 Å². The summed E-state index contributed by atoms with van der Waals surface area (Å²) >= 11 is 0. The summed E-state index contributed by atoms with van der Waals surface area (Å²) in [6, 6.07) is 1.57. The van der Waals surface area contributed by atoms with E-state index in [1.807, 2.05) is 13.8 Å². The molecule has 2 rings (SSSR count). The smallest absolute Gasteiger partial charge is 0.264 e. The largest absolute Gasteiger partial charge is 0.370 e. The lowest BCUT2D eigenvalue weighted by Gasteiger charge is -2.26. The van der Waals surface area contributed by atoms with Crippen LogP contribution in [0.15, 0.2) is 10.9 Å². The van der Waals surface area contributed by atoms with E-state index in [4.69, 9.17) is 4.74 Å². The molecule has 1 N–H and O–H groups in total. The quantitative estimate of drug-likeness (QED) is 0.642. The van der Waals surface area contributed by atoms with Crippen molar-refractivity contribution < 1.29 is 4.74 Å². The van der Waals surface area contributed by atoms with E-state index in [1.165, 1.54) is 0 Å². The average molecular weight is 180 g/mol. The zero-order chi connectivity index (χ0) is 9.42. The summed E-state index contributed by atoms with van der Waals surface area (Å²) in [6.45, 7) is 3.95. The molecule has 0 bridgehead atoms. The Kier molecular flexibility index (Phi) is 1.92. The van der Waals surface area contributed by atoms with E-state index in [-0.39, 0.29) is 17.8 Å². The average Bonchev–Trinajstić information content (AvgIpc) is 2.06. The van der Waals surface area contributed by atoms with Gasteiger partial charge in [0.15, 0.2) is 0 Å². The van der Waals surface area contributed by atoms with E-state index in [1.54, 1.807) is 6.07 Å². The Balaban J connectivity index is 2.49. The van der Waals surface area contributed by atoms with Crippen LogP contribution in [0.2, 0.25) is 0 Å². The van der Waals surface area contributed by atoms with Crippen molar-refractivity contribution in [3.63, 3.8) is 0 Å². The van der Waals surface area contributed by atoms with Crippen LogP contribution in [0.5, 0.6) is 0 Å². The van der Waals surface area contributed by atoms with Gasteiger partial charge in [0.2, 0.25) is 0 Å². The van der Waals surface area contributed by atoms with Gasteiger partial charge in [-0.2, -0.15) is 5.10 Å². The highest BCUT2D eigenvalue weighted by molar-refractivity contribution is 5.22. The molecule has 0 saturated heterocycles. The molecule has 1 aliphatic heterocycles. The van der Waals surface area contributed by atoms with Crippen LogP contribution < -0.4 is 5.56 Å². The topological polar surface area (TPSA) is 55.0 Å². The van der Waals surface area contributed by atoms with E-state index in [0.717, 1.165) is 17.7 Å². The van der Waals surface area contributed by atoms with Crippen LogP contribution in [0.25, 0.3) is 0 Å². The molecule has 1 aliphatic rings. The molecule has 2 unspecified atom stereocenters. The first-order chi connectivity index (χ1) is 6.16. The number of nitrogens with zero attached hydrogens (tertiary/aromatic N) is 1. The van der Waals surface area contributed by atoms with Crippen molar-refractivity contribution in [3.8, 4) is 0 Å². The molecule has 0 spiro atoms. The van der Waals surface area contributed by atoms with E-state index in [0.29, 0.717) is 0 Å². The maximum atomic E-state index is 11.0. The predicted molar refractivity (Wildman–Crippen MR) is 47.5 cm³/mol. The van der Waals surface area contributed by atoms with Crippen LogP contribution >= 0.6 is 0 Å². The van der Waals surface area contributed by atoms with Crippen LogP contribution in [-0.2, 0) is 11.2 Å². The molecule has 4 nitrogen and oxygen atoms in total. The molecule has 4 heteroatoms. The SMILES string of the molecule is CC1Cc2n[nH]c(=O)cc2C(C)O1. The molecule has 0 saturated carbocycles. The number of hydrogen-bond acceptors (Lipinski definition) is 3. The molecule has 1 aromatic rings. The van der Waals surface area contributed by atoms with Crippen molar-refractivity contribution in [2.45, 2.75) is 32.5 Å². The third-order valence-electron chi connectivity index (χ3n) is 2.28. The fourth-order valence-corrected chi connectivity index (χ4v) is 1.70. The van der Waals surface area contributed by atoms with Gasteiger partial charge in [0.05, 0.1) is 17.9 Å². The summed E-state index contributed by atoms with van der Waals surface area (Å²) < 4.78 is 5.57. The van der Waals surface area contributed by atoms with Gasteiger partial charge in [-0.1, -0.05) is 0 Å². The number of nitrogens with one attached hydrogen (secondary N) is 1. The lowest BCUT2D eigenvalue weighted by Crippen LogP contribution is -2.26. The monoisotopic (exact) mass is 180 g/mol. The lowest BCUT2D eigenvalue weighted by atomic mass is 10.0. The van der Waals surface area contributed by atoms with Crippen LogP contribution in [0.3, 0.4) is 0 Å². The predicted octanol–water partition coefficient (Wildman–Crippen LogP) is 0.792. The van der Waals surface area contributed by atoms with Crippen molar-refractivity contribution in [1.29, 1.82) is 0 Å². The summed E-state index contributed by atoms with van der Waals surface area (Å²) in [5.41, 5.74) is 1.71. The molecule has 2 atom stereocenters. The Labute approximate surface area is 75.9 Å². The summed E-state index contributed by atoms with van der Waals surface area (Å²) in [5, 5.41) is 6.44. The summed E-state index contributed by atoms with van der Waals surface area (Å²) in [7, 11) is 0. The highest BCUT2D eigenvalue weighted by Crippen LogP contribution is 2.26. The molecule has 70 valence electrons. The van der Waals surface area contributed by atoms with E-state index in [2.05, 4.69) is 10.2 Å². The first kappa shape index (κ1) is 8.44. The van der Waals surface area contributed by atoms with Gasteiger partial charge in [-0.25, -0.2) is 5.10 Å². The molecule has 0 aliphatic carbocycles. The molecule has 0 fully saturated rings. The van der Waals surface area contributed by atoms with Crippen molar-refractivity contribution in [2.24, 2.45) is 0 Å². The van der Waals surface area contributed by atoms with Gasteiger partial charge in [0.25, 0.3) is 5.56 Å². The zero-order valence-corrected chi connectivity index (χ0v) is 7.70. The second kappa shape index (κ2) is 2.96. The van der Waals surface area contributed by atoms with E-state index in [9.17, 15) is 4.79 Å². The Bertz CT molecular complexity index is 372. The maximum absolute atomic E-state index is 11.0. The lowest BCUT2D eigenvalue weighted by molar-refractivity contribution is -0.00638. The third-order valence-corrected chi connectivity index (χ3v) is 2.28. The fourth-order valence-electron chi connectivity index (χ4n) is 1.70. The number of fused-ring (bicyclic) bond motifs is 1. The van der Waals surface area contributed by atoms with E-state index < -0.39 is 0 Å². The standard InChI is InChI=1S/C9H12N2O2/c1-5-3-8-7(6(2)13-5)4-9(12)11-10-8/h4-6H,3H2,1-2H3,(H,11,12). The van der Waals surface area contributed by atoms with Crippen LogP contribution in [0, 0.1) is 0 Å². The van der Waals surface area contributed by atoms with Crippen LogP contribution in [-0.4, -0.2) is 16.3 Å². The first-order valence-corrected chi connectivity index (χ1v) is 4.41. The molecule has 13 heavy (non-hydrogen) atoms. The summed E-state index contributed by atoms with van der Waals surface area (Å²) in [4.78, 5) is 11.0. The third kappa shape index (κ3) is 1.49. The molecule has 0 aromatic carbocycles. The highest BCUT2D eigenvalue weighted by atomic mass is 16.5. The number of H-pyrrole nitrogens is 1. The Morgan fingerprint density at radius 3 is 3.15 bits per heavy atom. The van der Waals surface area contributed by atoms with Gasteiger partial charge >= 0.3 is 0 Å².